The third-order valence-electron chi connectivity index (χ3n) is 2.22. The second-order valence-corrected chi connectivity index (χ2v) is 3.77. The number of rotatable bonds is 6. The van der Waals surface area contributed by atoms with E-state index in [1.54, 1.807) is 0 Å². The average molecular weight is 276 g/mol. The number of aromatic carboxylic acids is 2. The lowest BCUT2D eigenvalue weighted by molar-refractivity contribution is -0.115. The van der Waals surface area contributed by atoms with E-state index in [9.17, 15) is 14.4 Å². The van der Waals surface area contributed by atoms with Gasteiger partial charge in [0.05, 0.1) is 24.2 Å². The zero-order chi connectivity index (χ0) is 15.1. The number of carboxylic acids is 2. The van der Waals surface area contributed by atoms with Crippen LogP contribution in [0.5, 0.6) is 0 Å². The molecule has 4 N–H and O–H groups in total. The van der Waals surface area contributed by atoms with Gasteiger partial charge in [-0.1, -0.05) is 5.92 Å². The van der Waals surface area contributed by atoms with Crippen LogP contribution in [0, 0.1) is 12.3 Å². The lowest BCUT2D eigenvalue weighted by atomic mass is 10.1. The van der Waals surface area contributed by atoms with E-state index in [4.69, 9.17) is 16.6 Å². The molecule has 20 heavy (non-hydrogen) atoms. The monoisotopic (exact) mass is 276 g/mol. The summed E-state index contributed by atoms with van der Waals surface area (Å²) in [5.41, 5.74) is -0.358. The van der Waals surface area contributed by atoms with E-state index in [1.807, 2.05) is 0 Å². The Morgan fingerprint density at radius 2 is 1.65 bits per heavy atom. The molecule has 104 valence electrons. The normalized spacial score (nSPS) is 9.55. The van der Waals surface area contributed by atoms with Crippen molar-refractivity contribution in [2.24, 2.45) is 0 Å². The Labute approximate surface area is 114 Å². The highest BCUT2D eigenvalue weighted by molar-refractivity contribution is 5.98. The fourth-order valence-corrected chi connectivity index (χ4v) is 1.40. The Hall–Kier alpha value is -2.85. The number of carbonyl (C=O) groups excluding carboxylic acids is 1. The minimum absolute atomic E-state index is 0.0656. The Morgan fingerprint density at radius 3 is 2.10 bits per heavy atom. The summed E-state index contributed by atoms with van der Waals surface area (Å²) in [6, 6.07) is 3.36. The summed E-state index contributed by atoms with van der Waals surface area (Å²) in [7, 11) is 0. The molecule has 1 amide bonds. The summed E-state index contributed by atoms with van der Waals surface area (Å²) in [4.78, 5) is 33.3. The number of terminal acetylenes is 1. The van der Waals surface area contributed by atoms with Gasteiger partial charge in [0.25, 0.3) is 0 Å². The molecule has 7 heteroatoms. The quantitative estimate of drug-likeness (QED) is 0.437. The predicted octanol–water partition coefficient (Wildman–Crippen LogP) is 0.244. The number of hydrogen-bond acceptors (Lipinski definition) is 4. The Bertz CT molecular complexity index is 557. The molecule has 1 rings (SSSR count). The first-order chi connectivity index (χ1) is 9.43. The molecule has 0 saturated heterocycles. The van der Waals surface area contributed by atoms with Crippen molar-refractivity contribution in [2.45, 2.75) is 0 Å². The van der Waals surface area contributed by atoms with Crippen LogP contribution < -0.4 is 10.6 Å². The van der Waals surface area contributed by atoms with E-state index in [-0.39, 0.29) is 29.9 Å². The van der Waals surface area contributed by atoms with Gasteiger partial charge in [0, 0.05) is 5.69 Å². The van der Waals surface area contributed by atoms with Gasteiger partial charge >= 0.3 is 11.9 Å². The number of hydrogen-bond donors (Lipinski definition) is 4. The smallest absolute Gasteiger partial charge is 0.335 e. The third kappa shape index (κ3) is 4.44. The van der Waals surface area contributed by atoms with E-state index in [1.165, 1.54) is 12.1 Å². The van der Waals surface area contributed by atoms with Crippen LogP contribution in [0.25, 0.3) is 0 Å². The lowest BCUT2D eigenvalue weighted by Crippen LogP contribution is -2.28. The molecule has 0 heterocycles. The van der Waals surface area contributed by atoms with Crippen molar-refractivity contribution in [1.82, 2.24) is 5.32 Å². The molecule has 0 aliphatic rings. The number of carboxylic acid groups (broad SMARTS) is 2. The van der Waals surface area contributed by atoms with Crippen molar-refractivity contribution in [3.05, 3.63) is 29.3 Å². The first kappa shape index (κ1) is 15.2. The van der Waals surface area contributed by atoms with Gasteiger partial charge in [0.1, 0.15) is 0 Å². The van der Waals surface area contributed by atoms with Crippen molar-refractivity contribution in [2.75, 3.05) is 18.4 Å². The summed E-state index contributed by atoms with van der Waals surface area (Å²) in [5, 5.41) is 22.8. The van der Waals surface area contributed by atoms with Crippen molar-refractivity contribution in [1.29, 1.82) is 0 Å². The van der Waals surface area contributed by atoms with Gasteiger partial charge in [0.2, 0.25) is 5.91 Å². The number of nitrogens with one attached hydrogen (secondary N) is 2. The van der Waals surface area contributed by atoms with Crippen LogP contribution in [0.2, 0.25) is 0 Å². The fraction of sp³-hybridized carbons (Fsp3) is 0.154. The second-order valence-electron chi connectivity index (χ2n) is 3.77. The van der Waals surface area contributed by atoms with Crippen LogP contribution in [0.1, 0.15) is 20.7 Å². The van der Waals surface area contributed by atoms with Gasteiger partial charge < -0.3 is 15.5 Å². The summed E-state index contributed by atoms with van der Waals surface area (Å²) in [6.07, 6.45) is 5.00. The maximum atomic E-state index is 11.5. The minimum Gasteiger partial charge on any atom is -0.478 e. The molecule has 0 unspecified atom stereocenters. The predicted molar refractivity (Wildman–Crippen MR) is 70.7 cm³/mol. The van der Waals surface area contributed by atoms with Crippen LogP contribution in [-0.4, -0.2) is 41.1 Å². The molecule has 1 aromatic rings. The van der Waals surface area contributed by atoms with Gasteiger partial charge in [-0.2, -0.15) is 0 Å². The first-order valence-corrected chi connectivity index (χ1v) is 5.49. The number of amides is 1. The summed E-state index contributed by atoms with van der Waals surface area (Å²) in [6.45, 7) is 0.146. The molecule has 0 aromatic heterocycles. The van der Waals surface area contributed by atoms with E-state index in [2.05, 4.69) is 16.6 Å². The fourth-order valence-electron chi connectivity index (χ4n) is 1.40. The standard InChI is InChI=1S/C13H12N2O5/c1-2-3-14-7-11(16)15-10-5-8(12(17)18)4-9(6-10)13(19)20/h1,4-6,14H,3,7H2,(H,15,16)(H,17,18)(H,19,20). The van der Waals surface area contributed by atoms with Crippen LogP contribution in [0.15, 0.2) is 18.2 Å². The van der Waals surface area contributed by atoms with Gasteiger partial charge in [0.15, 0.2) is 0 Å². The molecule has 0 aliphatic carbocycles. The van der Waals surface area contributed by atoms with E-state index < -0.39 is 17.8 Å². The third-order valence-corrected chi connectivity index (χ3v) is 2.22. The van der Waals surface area contributed by atoms with Gasteiger partial charge in [-0.25, -0.2) is 9.59 Å². The highest BCUT2D eigenvalue weighted by atomic mass is 16.4. The van der Waals surface area contributed by atoms with E-state index >= 15 is 0 Å². The Morgan fingerprint density at radius 1 is 1.10 bits per heavy atom. The Balaban J connectivity index is 2.89. The van der Waals surface area contributed by atoms with Crippen molar-refractivity contribution in [3.8, 4) is 12.3 Å². The Kier molecular flexibility index (Phi) is 5.26. The van der Waals surface area contributed by atoms with Crippen LogP contribution in [-0.2, 0) is 4.79 Å². The van der Waals surface area contributed by atoms with E-state index in [0.717, 1.165) is 6.07 Å². The zero-order valence-electron chi connectivity index (χ0n) is 10.3. The highest BCUT2D eigenvalue weighted by Gasteiger charge is 2.12. The largest absolute Gasteiger partial charge is 0.478 e. The molecule has 0 radical (unpaired) electrons. The molecule has 0 saturated carbocycles. The van der Waals surface area contributed by atoms with Crippen LogP contribution in [0.3, 0.4) is 0 Å². The molecular formula is C13H12N2O5. The summed E-state index contributed by atoms with van der Waals surface area (Å²) in [5.74, 6) is -0.737. The topological polar surface area (TPSA) is 116 Å². The summed E-state index contributed by atoms with van der Waals surface area (Å²) >= 11 is 0. The van der Waals surface area contributed by atoms with Gasteiger partial charge in [-0.3, -0.25) is 10.1 Å². The zero-order valence-corrected chi connectivity index (χ0v) is 10.3. The van der Waals surface area contributed by atoms with Crippen molar-refractivity contribution in [3.63, 3.8) is 0 Å². The number of carbonyl (C=O) groups is 3. The SMILES string of the molecule is C#CCNCC(=O)Nc1cc(C(=O)O)cc(C(=O)O)c1. The minimum atomic E-state index is -1.28. The van der Waals surface area contributed by atoms with Crippen LogP contribution in [0.4, 0.5) is 5.69 Å². The molecule has 1 aromatic carbocycles. The van der Waals surface area contributed by atoms with Crippen LogP contribution >= 0.6 is 0 Å². The summed E-state index contributed by atoms with van der Waals surface area (Å²) < 4.78 is 0. The van der Waals surface area contributed by atoms with Gasteiger partial charge in [-0.05, 0) is 18.2 Å². The molecular weight excluding hydrogens is 264 g/mol. The van der Waals surface area contributed by atoms with Crippen molar-refractivity contribution >= 4 is 23.5 Å². The number of anilines is 1. The molecule has 0 atom stereocenters. The molecule has 0 fully saturated rings. The molecule has 0 bridgehead atoms. The molecule has 0 aliphatic heterocycles. The second kappa shape index (κ2) is 6.92. The lowest BCUT2D eigenvalue weighted by Gasteiger charge is -2.07. The van der Waals surface area contributed by atoms with Gasteiger partial charge in [-0.15, -0.1) is 6.42 Å². The number of benzene rings is 1. The average Bonchev–Trinajstić information content (AvgIpc) is 2.38. The van der Waals surface area contributed by atoms with E-state index in [0.29, 0.717) is 0 Å². The maximum absolute atomic E-state index is 11.5. The molecule has 0 spiro atoms. The highest BCUT2D eigenvalue weighted by Crippen LogP contribution is 2.15. The first-order valence-electron chi connectivity index (χ1n) is 5.49. The van der Waals surface area contributed by atoms with Crippen molar-refractivity contribution < 1.29 is 24.6 Å². The molecule has 7 nitrogen and oxygen atoms in total. The maximum Gasteiger partial charge on any atom is 0.335 e.